The monoisotopic (exact) mass is 249 g/mol. The number of hydrogen-bond acceptors (Lipinski definition) is 6. The molecule has 0 saturated carbocycles. The van der Waals surface area contributed by atoms with Crippen LogP contribution >= 0.6 is 0 Å². The fraction of sp³-hybridized carbons (Fsp3) is 0.583. The Labute approximate surface area is 108 Å². The number of hydrogen-bond donors (Lipinski definition) is 1. The van der Waals surface area contributed by atoms with Crippen LogP contribution in [0.15, 0.2) is 12.3 Å². The van der Waals surface area contributed by atoms with Gasteiger partial charge in [0.25, 0.3) is 0 Å². The maximum absolute atomic E-state index is 8.67. The van der Waals surface area contributed by atoms with Gasteiger partial charge >= 0.3 is 0 Å². The lowest BCUT2D eigenvalue weighted by atomic mass is 10.4. The number of aromatic nitrogens is 2. The van der Waals surface area contributed by atoms with Crippen LogP contribution in [0.5, 0.6) is 0 Å². The molecule has 1 rings (SSSR count). The van der Waals surface area contributed by atoms with Crippen LogP contribution in [0.3, 0.4) is 0 Å². The molecule has 0 fully saturated rings. The average Bonchev–Trinajstić information content (AvgIpc) is 2.40. The van der Waals surface area contributed by atoms with E-state index in [1.54, 1.807) is 13.3 Å². The van der Waals surface area contributed by atoms with Gasteiger partial charge in [-0.1, -0.05) is 0 Å². The predicted octanol–water partition coefficient (Wildman–Crippen LogP) is 1.27. The maximum atomic E-state index is 8.67. The third kappa shape index (κ3) is 4.55. The molecule has 1 N–H and O–H groups in total. The summed E-state index contributed by atoms with van der Waals surface area (Å²) in [5, 5.41) is 11.7. The van der Waals surface area contributed by atoms with E-state index in [0.717, 1.165) is 12.4 Å². The molecule has 1 aromatic rings. The van der Waals surface area contributed by atoms with Gasteiger partial charge in [0.15, 0.2) is 0 Å². The van der Waals surface area contributed by atoms with Crippen LogP contribution in [-0.2, 0) is 4.74 Å². The van der Waals surface area contributed by atoms with Crippen molar-refractivity contribution < 1.29 is 4.74 Å². The summed E-state index contributed by atoms with van der Waals surface area (Å²) in [6.07, 6.45) is 2.18. The summed E-state index contributed by atoms with van der Waals surface area (Å²) in [6.45, 7) is 4.73. The zero-order chi connectivity index (χ0) is 13.2. The van der Waals surface area contributed by atoms with E-state index >= 15 is 0 Å². The molecule has 6 nitrogen and oxygen atoms in total. The first-order valence-electron chi connectivity index (χ1n) is 5.99. The van der Waals surface area contributed by atoms with E-state index in [1.165, 1.54) is 0 Å². The molecule has 1 heterocycles. The number of ether oxygens (including phenoxy) is 1. The zero-order valence-electron chi connectivity index (χ0n) is 10.9. The second kappa shape index (κ2) is 8.25. The van der Waals surface area contributed by atoms with Crippen molar-refractivity contribution in [2.45, 2.75) is 13.3 Å². The Hall–Kier alpha value is -1.87. The molecule has 0 unspecified atom stereocenters. The molecule has 0 saturated heterocycles. The molecule has 0 aliphatic carbocycles. The van der Waals surface area contributed by atoms with Gasteiger partial charge in [-0.15, -0.1) is 0 Å². The number of rotatable bonds is 8. The molecule has 98 valence electrons. The van der Waals surface area contributed by atoms with Crippen molar-refractivity contribution in [1.29, 1.82) is 5.26 Å². The van der Waals surface area contributed by atoms with E-state index in [2.05, 4.69) is 21.4 Å². The molecule has 0 amide bonds. The first-order chi connectivity index (χ1) is 8.81. The Balaban J connectivity index is 2.75. The second-order valence-corrected chi connectivity index (χ2v) is 3.66. The van der Waals surface area contributed by atoms with Crippen molar-refractivity contribution in [1.82, 2.24) is 9.97 Å². The molecule has 0 aromatic carbocycles. The number of anilines is 2. The highest BCUT2D eigenvalue weighted by Crippen LogP contribution is 2.12. The highest BCUT2D eigenvalue weighted by Gasteiger charge is 2.08. The quantitative estimate of drug-likeness (QED) is 0.748. The Morgan fingerprint density at radius 2 is 2.33 bits per heavy atom. The number of nitriles is 1. The van der Waals surface area contributed by atoms with Crippen LogP contribution < -0.4 is 10.2 Å². The topological polar surface area (TPSA) is 74.1 Å². The highest BCUT2D eigenvalue weighted by atomic mass is 16.5. The fourth-order valence-electron chi connectivity index (χ4n) is 1.50. The van der Waals surface area contributed by atoms with E-state index in [1.807, 2.05) is 17.9 Å². The summed E-state index contributed by atoms with van der Waals surface area (Å²) in [6, 6.07) is 3.98. The fourth-order valence-corrected chi connectivity index (χ4v) is 1.50. The van der Waals surface area contributed by atoms with Crippen LogP contribution in [0.25, 0.3) is 0 Å². The van der Waals surface area contributed by atoms with E-state index in [4.69, 9.17) is 10.00 Å². The normalized spacial score (nSPS) is 9.83. The lowest BCUT2D eigenvalue weighted by Gasteiger charge is -2.22. The van der Waals surface area contributed by atoms with E-state index in [0.29, 0.717) is 32.1 Å². The van der Waals surface area contributed by atoms with Crippen LogP contribution in [0, 0.1) is 11.3 Å². The largest absolute Gasteiger partial charge is 0.383 e. The van der Waals surface area contributed by atoms with Gasteiger partial charge in [0, 0.05) is 32.9 Å². The lowest BCUT2D eigenvalue weighted by Crippen LogP contribution is -2.29. The SMILES string of the molecule is CCNc1nccc(N(CCC#N)CCOC)n1. The summed E-state index contributed by atoms with van der Waals surface area (Å²) in [4.78, 5) is 10.6. The molecule has 0 bridgehead atoms. The van der Waals surface area contributed by atoms with Crippen molar-refractivity contribution >= 4 is 11.8 Å². The van der Waals surface area contributed by atoms with Crippen LogP contribution in [0.4, 0.5) is 11.8 Å². The first-order valence-corrected chi connectivity index (χ1v) is 5.99. The molecule has 0 aliphatic heterocycles. The molecule has 0 atom stereocenters. The summed E-state index contributed by atoms with van der Waals surface area (Å²) in [5.41, 5.74) is 0. The van der Waals surface area contributed by atoms with Gasteiger partial charge < -0.3 is 15.0 Å². The number of nitrogens with one attached hydrogen (secondary N) is 1. The minimum atomic E-state index is 0.463. The van der Waals surface area contributed by atoms with Crippen molar-refractivity contribution in [3.05, 3.63) is 12.3 Å². The molecule has 0 aliphatic rings. The van der Waals surface area contributed by atoms with Gasteiger partial charge in [-0.3, -0.25) is 0 Å². The predicted molar refractivity (Wildman–Crippen MR) is 70.5 cm³/mol. The minimum Gasteiger partial charge on any atom is -0.383 e. The van der Waals surface area contributed by atoms with Crippen LogP contribution in [-0.4, -0.2) is 43.3 Å². The van der Waals surface area contributed by atoms with Crippen LogP contribution in [0.2, 0.25) is 0 Å². The zero-order valence-corrected chi connectivity index (χ0v) is 10.9. The van der Waals surface area contributed by atoms with Gasteiger partial charge in [0.2, 0.25) is 5.95 Å². The van der Waals surface area contributed by atoms with Gasteiger partial charge in [-0.05, 0) is 13.0 Å². The smallest absolute Gasteiger partial charge is 0.224 e. The highest BCUT2D eigenvalue weighted by molar-refractivity contribution is 5.42. The lowest BCUT2D eigenvalue weighted by molar-refractivity contribution is 0.205. The molecular weight excluding hydrogens is 230 g/mol. The third-order valence-corrected chi connectivity index (χ3v) is 2.36. The Morgan fingerprint density at radius 1 is 1.50 bits per heavy atom. The Morgan fingerprint density at radius 3 is 3.00 bits per heavy atom. The van der Waals surface area contributed by atoms with E-state index < -0.39 is 0 Å². The van der Waals surface area contributed by atoms with Gasteiger partial charge in [-0.2, -0.15) is 10.2 Å². The van der Waals surface area contributed by atoms with Crippen LogP contribution in [0.1, 0.15) is 13.3 Å². The molecule has 0 radical (unpaired) electrons. The summed E-state index contributed by atoms with van der Waals surface area (Å²) >= 11 is 0. The van der Waals surface area contributed by atoms with Crippen molar-refractivity contribution in [3.8, 4) is 6.07 Å². The van der Waals surface area contributed by atoms with Crippen molar-refractivity contribution in [2.24, 2.45) is 0 Å². The molecular formula is C12H19N5O. The third-order valence-electron chi connectivity index (χ3n) is 2.36. The average molecular weight is 249 g/mol. The first kappa shape index (κ1) is 14.2. The summed E-state index contributed by atoms with van der Waals surface area (Å²) in [7, 11) is 1.66. The van der Waals surface area contributed by atoms with Crippen molar-refractivity contribution in [3.63, 3.8) is 0 Å². The second-order valence-electron chi connectivity index (χ2n) is 3.66. The summed E-state index contributed by atoms with van der Waals surface area (Å²) in [5.74, 6) is 1.42. The summed E-state index contributed by atoms with van der Waals surface area (Å²) < 4.78 is 5.07. The molecule has 6 heteroatoms. The van der Waals surface area contributed by atoms with Gasteiger partial charge in [0.1, 0.15) is 5.82 Å². The Bertz CT molecular complexity index is 390. The maximum Gasteiger partial charge on any atom is 0.224 e. The molecule has 0 spiro atoms. The number of nitrogens with zero attached hydrogens (tertiary/aromatic N) is 4. The minimum absolute atomic E-state index is 0.463. The Kier molecular flexibility index (Phi) is 6.51. The van der Waals surface area contributed by atoms with Gasteiger partial charge in [0.05, 0.1) is 19.1 Å². The van der Waals surface area contributed by atoms with E-state index in [9.17, 15) is 0 Å². The molecule has 1 aromatic heterocycles. The molecule has 18 heavy (non-hydrogen) atoms. The number of methoxy groups -OCH3 is 1. The van der Waals surface area contributed by atoms with Crippen molar-refractivity contribution in [2.75, 3.05) is 43.6 Å². The van der Waals surface area contributed by atoms with Gasteiger partial charge in [-0.25, -0.2) is 4.98 Å². The van der Waals surface area contributed by atoms with E-state index in [-0.39, 0.29) is 0 Å². The standard InChI is InChI=1S/C12H19N5O/c1-3-14-12-15-7-5-11(16-12)17(8-4-6-13)9-10-18-2/h5,7H,3-4,8-10H2,1-2H3,(H,14,15,16).